The highest BCUT2D eigenvalue weighted by Gasteiger charge is 2.05. The van der Waals surface area contributed by atoms with Crippen LogP contribution in [0.5, 0.6) is 0 Å². The van der Waals surface area contributed by atoms with Gasteiger partial charge in [-0.25, -0.2) is 9.97 Å². The van der Waals surface area contributed by atoms with Crippen LogP contribution in [-0.2, 0) is 13.1 Å². The number of benzene rings is 1. The van der Waals surface area contributed by atoms with Gasteiger partial charge in [-0.15, -0.1) is 11.3 Å². The number of pyridine rings is 1. The molecule has 4 aromatic rings. The fourth-order valence-corrected chi connectivity index (χ4v) is 3.23. The average molecular weight is 350 g/mol. The van der Waals surface area contributed by atoms with Gasteiger partial charge in [0.25, 0.3) is 0 Å². The molecule has 0 aliphatic carbocycles. The number of rotatable bonds is 6. The molecule has 0 unspecified atom stereocenters. The zero-order chi connectivity index (χ0) is 17.1. The summed E-state index contributed by atoms with van der Waals surface area (Å²) in [6.45, 7) is 3.28. The van der Waals surface area contributed by atoms with Gasteiger partial charge in [-0.2, -0.15) is 0 Å². The normalized spacial score (nSPS) is 10.9. The molecule has 3 heterocycles. The molecule has 0 fully saturated rings. The number of aromatic nitrogens is 2. The fraction of sp³-hybridized carbons (Fsp3) is 0.158. The second kappa shape index (κ2) is 6.94. The Morgan fingerprint density at radius 3 is 2.80 bits per heavy atom. The number of furan rings is 1. The van der Waals surface area contributed by atoms with E-state index in [1.54, 1.807) is 11.3 Å². The molecule has 25 heavy (non-hydrogen) atoms. The molecule has 0 aliphatic heterocycles. The number of hydrogen-bond donors (Lipinski definition) is 2. The highest BCUT2D eigenvalue weighted by atomic mass is 32.1. The lowest BCUT2D eigenvalue weighted by Crippen LogP contribution is -2.02. The minimum absolute atomic E-state index is 0.619. The lowest BCUT2D eigenvalue weighted by molar-refractivity contribution is 0.490. The van der Waals surface area contributed by atoms with Crippen molar-refractivity contribution in [2.45, 2.75) is 20.0 Å². The summed E-state index contributed by atoms with van der Waals surface area (Å²) in [6.07, 6.45) is 1.82. The third-order valence-electron chi connectivity index (χ3n) is 3.89. The monoisotopic (exact) mass is 350 g/mol. The molecular formula is C19H18N4OS. The Balaban J connectivity index is 1.50. The predicted molar refractivity (Wildman–Crippen MR) is 102 cm³/mol. The average Bonchev–Trinajstić information content (AvgIpc) is 3.29. The summed E-state index contributed by atoms with van der Waals surface area (Å²) in [5.41, 5.74) is 2.01. The van der Waals surface area contributed by atoms with E-state index < -0.39 is 0 Å². The van der Waals surface area contributed by atoms with Gasteiger partial charge < -0.3 is 15.1 Å². The minimum atomic E-state index is 0.619. The van der Waals surface area contributed by atoms with Gasteiger partial charge in [0.05, 0.1) is 18.6 Å². The van der Waals surface area contributed by atoms with E-state index in [1.807, 2.05) is 48.8 Å². The first-order valence-corrected chi connectivity index (χ1v) is 8.97. The Morgan fingerprint density at radius 2 is 2.00 bits per heavy atom. The van der Waals surface area contributed by atoms with Crippen molar-refractivity contribution in [1.82, 2.24) is 9.97 Å². The molecule has 6 heteroatoms. The molecule has 5 nitrogen and oxygen atoms in total. The summed E-state index contributed by atoms with van der Waals surface area (Å²) in [4.78, 5) is 9.00. The van der Waals surface area contributed by atoms with Crippen molar-refractivity contribution in [3.05, 3.63) is 70.6 Å². The number of anilines is 2. The molecule has 0 saturated heterocycles. The SMILES string of the molecule is Cc1ccc(CNc2ccc3c(NCc4nccs4)cccc3n2)o1. The van der Waals surface area contributed by atoms with Gasteiger partial charge in [0, 0.05) is 22.7 Å². The highest BCUT2D eigenvalue weighted by Crippen LogP contribution is 2.24. The molecule has 0 saturated carbocycles. The van der Waals surface area contributed by atoms with Crippen molar-refractivity contribution < 1.29 is 4.42 Å². The largest absolute Gasteiger partial charge is 0.465 e. The van der Waals surface area contributed by atoms with Crippen LogP contribution < -0.4 is 10.6 Å². The third kappa shape index (κ3) is 3.64. The second-order valence-corrected chi connectivity index (χ2v) is 6.69. The molecule has 1 aromatic carbocycles. The van der Waals surface area contributed by atoms with Gasteiger partial charge in [-0.1, -0.05) is 6.07 Å². The Kier molecular flexibility index (Phi) is 4.35. The van der Waals surface area contributed by atoms with Crippen molar-refractivity contribution >= 4 is 33.7 Å². The Morgan fingerprint density at radius 1 is 1.04 bits per heavy atom. The van der Waals surface area contributed by atoms with E-state index in [0.717, 1.165) is 38.9 Å². The number of hydrogen-bond acceptors (Lipinski definition) is 6. The van der Waals surface area contributed by atoms with Crippen LogP contribution >= 0.6 is 11.3 Å². The number of nitrogens with one attached hydrogen (secondary N) is 2. The van der Waals surface area contributed by atoms with Crippen LogP contribution in [0.1, 0.15) is 16.5 Å². The number of nitrogens with zero attached hydrogens (tertiary/aromatic N) is 2. The number of fused-ring (bicyclic) bond motifs is 1. The molecule has 0 bridgehead atoms. The van der Waals surface area contributed by atoms with Gasteiger partial charge in [-0.3, -0.25) is 0 Å². The zero-order valence-electron chi connectivity index (χ0n) is 13.8. The van der Waals surface area contributed by atoms with Gasteiger partial charge >= 0.3 is 0 Å². The van der Waals surface area contributed by atoms with Gasteiger partial charge in [-0.05, 0) is 43.3 Å². The molecule has 3 aromatic heterocycles. The third-order valence-corrected chi connectivity index (χ3v) is 4.66. The van der Waals surface area contributed by atoms with Crippen LogP contribution in [0.15, 0.2) is 58.5 Å². The molecule has 0 amide bonds. The minimum Gasteiger partial charge on any atom is -0.465 e. The first-order chi connectivity index (χ1) is 12.3. The van der Waals surface area contributed by atoms with Gasteiger partial charge in [0.2, 0.25) is 0 Å². The maximum Gasteiger partial charge on any atom is 0.127 e. The maximum absolute atomic E-state index is 5.57. The summed E-state index contributed by atoms with van der Waals surface area (Å²) in [5.74, 6) is 2.65. The van der Waals surface area contributed by atoms with Crippen LogP contribution in [0, 0.1) is 6.92 Å². The predicted octanol–water partition coefficient (Wildman–Crippen LogP) is 4.82. The van der Waals surface area contributed by atoms with Crippen LogP contribution in [0.3, 0.4) is 0 Å². The molecule has 126 valence electrons. The van der Waals surface area contributed by atoms with Crippen molar-refractivity contribution in [3.63, 3.8) is 0 Å². The summed E-state index contributed by atoms with van der Waals surface area (Å²) >= 11 is 1.65. The quantitative estimate of drug-likeness (QED) is 0.522. The molecular weight excluding hydrogens is 332 g/mol. The van der Waals surface area contributed by atoms with E-state index in [2.05, 4.69) is 27.8 Å². The van der Waals surface area contributed by atoms with Crippen molar-refractivity contribution in [2.75, 3.05) is 10.6 Å². The van der Waals surface area contributed by atoms with E-state index in [0.29, 0.717) is 13.1 Å². The maximum atomic E-state index is 5.57. The second-order valence-electron chi connectivity index (χ2n) is 5.71. The van der Waals surface area contributed by atoms with E-state index in [1.165, 1.54) is 0 Å². The number of thiazole rings is 1. The van der Waals surface area contributed by atoms with Gasteiger partial charge in [0.1, 0.15) is 22.3 Å². The first kappa shape index (κ1) is 15.7. The van der Waals surface area contributed by atoms with E-state index >= 15 is 0 Å². The van der Waals surface area contributed by atoms with Crippen molar-refractivity contribution in [1.29, 1.82) is 0 Å². The molecule has 0 spiro atoms. The highest BCUT2D eigenvalue weighted by molar-refractivity contribution is 7.09. The van der Waals surface area contributed by atoms with Crippen molar-refractivity contribution in [3.8, 4) is 0 Å². The van der Waals surface area contributed by atoms with E-state index in [-0.39, 0.29) is 0 Å². The molecule has 0 radical (unpaired) electrons. The molecule has 0 atom stereocenters. The summed E-state index contributed by atoms with van der Waals surface area (Å²) in [5, 5.41) is 10.9. The molecule has 2 N–H and O–H groups in total. The Hall–Kier alpha value is -2.86. The Labute approximate surface area is 149 Å². The lowest BCUT2D eigenvalue weighted by atomic mass is 10.2. The lowest BCUT2D eigenvalue weighted by Gasteiger charge is -2.10. The first-order valence-electron chi connectivity index (χ1n) is 8.09. The Bertz CT molecular complexity index is 978. The summed E-state index contributed by atoms with van der Waals surface area (Å²) in [7, 11) is 0. The summed E-state index contributed by atoms with van der Waals surface area (Å²) < 4.78 is 5.57. The summed E-state index contributed by atoms with van der Waals surface area (Å²) in [6, 6.07) is 14.1. The fourth-order valence-electron chi connectivity index (χ4n) is 2.68. The number of aryl methyl sites for hydroxylation is 1. The van der Waals surface area contributed by atoms with Crippen LogP contribution in [0.2, 0.25) is 0 Å². The van der Waals surface area contributed by atoms with Crippen LogP contribution in [0.4, 0.5) is 11.5 Å². The van der Waals surface area contributed by atoms with Gasteiger partial charge in [0.15, 0.2) is 0 Å². The zero-order valence-corrected chi connectivity index (χ0v) is 14.6. The van der Waals surface area contributed by atoms with E-state index in [4.69, 9.17) is 9.40 Å². The topological polar surface area (TPSA) is 63.0 Å². The standard InChI is InChI=1S/C19H18N4OS/c1-13-5-6-14(24-13)11-22-18-8-7-15-16(3-2-4-17(15)23-18)21-12-19-20-9-10-25-19/h2-10,21H,11-12H2,1H3,(H,22,23). The van der Waals surface area contributed by atoms with E-state index in [9.17, 15) is 0 Å². The van der Waals surface area contributed by atoms with Crippen molar-refractivity contribution in [2.24, 2.45) is 0 Å². The molecule has 0 aliphatic rings. The van der Waals surface area contributed by atoms with Crippen LogP contribution in [-0.4, -0.2) is 9.97 Å². The molecule has 4 rings (SSSR count). The van der Waals surface area contributed by atoms with Crippen LogP contribution in [0.25, 0.3) is 10.9 Å². The smallest absolute Gasteiger partial charge is 0.127 e.